The highest BCUT2D eigenvalue weighted by Crippen LogP contribution is 2.12. The fourth-order valence-corrected chi connectivity index (χ4v) is 0.677. The van der Waals surface area contributed by atoms with E-state index in [1.165, 1.54) is 6.20 Å². The van der Waals surface area contributed by atoms with Crippen molar-refractivity contribution >= 4 is 5.97 Å². The molecule has 0 saturated carbocycles. The second-order valence-electron chi connectivity index (χ2n) is 1.84. The first-order valence-corrected chi connectivity index (χ1v) is 3.15. The van der Waals surface area contributed by atoms with E-state index in [1.807, 2.05) is 0 Å². The zero-order valence-corrected chi connectivity index (χ0v) is 6.00. The molecule has 2 N–H and O–H groups in total. The molecule has 60 valence electrons. The first-order valence-electron chi connectivity index (χ1n) is 3.15. The Hall–Kier alpha value is -1.52. The number of carbonyl (C=O) groups is 1. The summed E-state index contributed by atoms with van der Waals surface area (Å²) in [6.07, 6.45) is 1.29. The lowest BCUT2D eigenvalue weighted by Crippen LogP contribution is -2.00. The lowest BCUT2D eigenvalue weighted by atomic mass is 10.3. The minimum atomic E-state index is -1.04. The van der Waals surface area contributed by atoms with Gasteiger partial charge in [-0.05, 0) is 6.92 Å². The minimum Gasteiger partial charge on any atom is -0.477 e. The van der Waals surface area contributed by atoms with Gasteiger partial charge in [0.05, 0.1) is 6.61 Å². The third-order valence-electron chi connectivity index (χ3n) is 1.12. The molecule has 0 aliphatic rings. The van der Waals surface area contributed by atoms with E-state index in [0.717, 1.165) is 0 Å². The summed E-state index contributed by atoms with van der Waals surface area (Å²) in [6.45, 7) is 2.17. The van der Waals surface area contributed by atoms with Crippen molar-refractivity contribution in [3.63, 3.8) is 0 Å². The highest BCUT2D eigenvalue weighted by Gasteiger charge is 2.12. The molecule has 0 aliphatic carbocycles. The van der Waals surface area contributed by atoms with E-state index in [-0.39, 0.29) is 11.4 Å². The molecule has 1 heterocycles. The summed E-state index contributed by atoms with van der Waals surface area (Å²) < 4.78 is 4.92. The van der Waals surface area contributed by atoms with Crippen LogP contribution in [0.25, 0.3) is 0 Å². The monoisotopic (exact) mass is 156 g/mol. The molecule has 0 fully saturated rings. The molecule has 1 aromatic heterocycles. The lowest BCUT2D eigenvalue weighted by molar-refractivity contribution is 0.0692. The summed E-state index contributed by atoms with van der Waals surface area (Å²) in [4.78, 5) is 10.4. The van der Waals surface area contributed by atoms with Crippen LogP contribution in [0.1, 0.15) is 17.3 Å². The van der Waals surface area contributed by atoms with E-state index in [4.69, 9.17) is 9.84 Å². The zero-order valence-electron chi connectivity index (χ0n) is 6.00. The van der Waals surface area contributed by atoms with Crippen molar-refractivity contribution in [3.05, 3.63) is 11.8 Å². The Balaban J connectivity index is 2.87. The van der Waals surface area contributed by atoms with Gasteiger partial charge in [0, 0.05) is 6.20 Å². The average molecular weight is 156 g/mol. The Morgan fingerprint density at radius 1 is 1.91 bits per heavy atom. The van der Waals surface area contributed by atoms with Gasteiger partial charge in [-0.25, -0.2) is 4.79 Å². The SMILES string of the molecule is CCOc1n[nH]cc1C(=O)O. The first kappa shape index (κ1) is 7.59. The van der Waals surface area contributed by atoms with Gasteiger partial charge in [-0.2, -0.15) is 0 Å². The lowest BCUT2D eigenvalue weighted by Gasteiger charge is -1.97. The molecule has 0 unspecified atom stereocenters. The van der Waals surface area contributed by atoms with Crippen molar-refractivity contribution in [3.8, 4) is 5.88 Å². The predicted octanol–water partition coefficient (Wildman–Crippen LogP) is 0.507. The van der Waals surface area contributed by atoms with Crippen molar-refractivity contribution in [2.75, 3.05) is 6.61 Å². The average Bonchev–Trinajstić information content (AvgIpc) is 2.36. The summed E-state index contributed by atoms with van der Waals surface area (Å²) in [5.74, 6) is -0.901. The van der Waals surface area contributed by atoms with Gasteiger partial charge in [0.1, 0.15) is 5.56 Å². The number of rotatable bonds is 3. The van der Waals surface area contributed by atoms with E-state index in [9.17, 15) is 4.79 Å². The standard InChI is InChI=1S/C6H8N2O3/c1-2-11-5-4(6(9)10)3-7-8-5/h3H,2H2,1H3,(H,7,8)(H,9,10). The number of aromatic amines is 1. The third-order valence-corrected chi connectivity index (χ3v) is 1.12. The molecule has 1 aromatic rings. The number of H-pyrrole nitrogens is 1. The molecule has 0 spiro atoms. The molecule has 1 rings (SSSR count). The van der Waals surface area contributed by atoms with Gasteiger partial charge in [-0.1, -0.05) is 0 Å². The zero-order chi connectivity index (χ0) is 8.27. The van der Waals surface area contributed by atoms with Gasteiger partial charge in [0.2, 0.25) is 5.88 Å². The number of nitrogens with zero attached hydrogens (tertiary/aromatic N) is 1. The molecule has 0 saturated heterocycles. The van der Waals surface area contributed by atoms with E-state index in [0.29, 0.717) is 6.61 Å². The Morgan fingerprint density at radius 2 is 2.64 bits per heavy atom. The fraction of sp³-hybridized carbons (Fsp3) is 0.333. The van der Waals surface area contributed by atoms with Crippen molar-refractivity contribution < 1.29 is 14.6 Å². The van der Waals surface area contributed by atoms with E-state index in [2.05, 4.69) is 10.2 Å². The molecular weight excluding hydrogens is 148 g/mol. The Labute approximate surface area is 63.0 Å². The molecular formula is C6H8N2O3. The maximum absolute atomic E-state index is 10.4. The Bertz CT molecular complexity index is 256. The Morgan fingerprint density at radius 3 is 3.18 bits per heavy atom. The van der Waals surface area contributed by atoms with Crippen LogP contribution in [-0.4, -0.2) is 27.9 Å². The number of nitrogens with one attached hydrogen (secondary N) is 1. The van der Waals surface area contributed by atoms with Crippen LogP contribution >= 0.6 is 0 Å². The Kier molecular flexibility index (Phi) is 2.10. The normalized spacial score (nSPS) is 9.55. The van der Waals surface area contributed by atoms with Gasteiger partial charge in [-0.15, -0.1) is 5.10 Å². The van der Waals surface area contributed by atoms with Crippen LogP contribution in [0.15, 0.2) is 6.20 Å². The molecule has 0 bridgehead atoms. The van der Waals surface area contributed by atoms with Crippen LogP contribution in [0.3, 0.4) is 0 Å². The number of aromatic carboxylic acids is 1. The van der Waals surface area contributed by atoms with Crippen LogP contribution in [0.5, 0.6) is 5.88 Å². The highest BCUT2D eigenvalue weighted by atomic mass is 16.5. The van der Waals surface area contributed by atoms with Crippen molar-refractivity contribution in [2.24, 2.45) is 0 Å². The summed E-state index contributed by atoms with van der Waals surface area (Å²) in [5, 5.41) is 14.5. The number of carboxylic acids is 1. The number of hydrogen-bond donors (Lipinski definition) is 2. The van der Waals surface area contributed by atoms with Crippen LogP contribution in [0, 0.1) is 0 Å². The fourth-order valence-electron chi connectivity index (χ4n) is 0.677. The highest BCUT2D eigenvalue weighted by molar-refractivity contribution is 5.89. The van der Waals surface area contributed by atoms with Crippen molar-refractivity contribution in [1.29, 1.82) is 0 Å². The molecule has 0 aromatic carbocycles. The summed E-state index contributed by atoms with van der Waals surface area (Å²) in [5.41, 5.74) is 0.0619. The van der Waals surface area contributed by atoms with Crippen molar-refractivity contribution in [2.45, 2.75) is 6.92 Å². The summed E-state index contributed by atoms with van der Waals surface area (Å²) in [7, 11) is 0. The summed E-state index contributed by atoms with van der Waals surface area (Å²) >= 11 is 0. The number of hydrogen-bond acceptors (Lipinski definition) is 3. The van der Waals surface area contributed by atoms with Gasteiger partial charge < -0.3 is 9.84 Å². The van der Waals surface area contributed by atoms with Crippen LogP contribution in [-0.2, 0) is 0 Å². The van der Waals surface area contributed by atoms with Crippen molar-refractivity contribution in [1.82, 2.24) is 10.2 Å². The predicted molar refractivity (Wildman–Crippen MR) is 36.7 cm³/mol. The largest absolute Gasteiger partial charge is 0.477 e. The van der Waals surface area contributed by atoms with Gasteiger partial charge >= 0.3 is 5.97 Å². The second kappa shape index (κ2) is 3.05. The van der Waals surface area contributed by atoms with Gasteiger partial charge in [-0.3, -0.25) is 5.10 Å². The maximum Gasteiger partial charge on any atom is 0.342 e. The smallest absolute Gasteiger partial charge is 0.342 e. The minimum absolute atomic E-state index is 0.0619. The van der Waals surface area contributed by atoms with Gasteiger partial charge in [0.15, 0.2) is 0 Å². The van der Waals surface area contributed by atoms with E-state index < -0.39 is 5.97 Å². The quantitative estimate of drug-likeness (QED) is 0.668. The second-order valence-corrected chi connectivity index (χ2v) is 1.84. The number of ether oxygens (including phenoxy) is 1. The maximum atomic E-state index is 10.4. The number of carboxylic acid groups (broad SMARTS) is 1. The van der Waals surface area contributed by atoms with E-state index in [1.54, 1.807) is 6.92 Å². The molecule has 0 atom stereocenters. The van der Waals surface area contributed by atoms with Crippen LogP contribution in [0.4, 0.5) is 0 Å². The summed E-state index contributed by atoms with van der Waals surface area (Å²) in [6, 6.07) is 0. The van der Waals surface area contributed by atoms with Gasteiger partial charge in [0.25, 0.3) is 0 Å². The molecule has 0 radical (unpaired) electrons. The molecule has 11 heavy (non-hydrogen) atoms. The number of aromatic nitrogens is 2. The third kappa shape index (κ3) is 1.49. The van der Waals surface area contributed by atoms with Crippen LogP contribution < -0.4 is 4.74 Å². The molecule has 5 nitrogen and oxygen atoms in total. The molecule has 5 heteroatoms. The topological polar surface area (TPSA) is 75.2 Å². The molecule has 0 aliphatic heterocycles. The van der Waals surface area contributed by atoms with E-state index >= 15 is 0 Å². The van der Waals surface area contributed by atoms with Crippen LogP contribution in [0.2, 0.25) is 0 Å². The first-order chi connectivity index (χ1) is 5.25. The molecule has 0 amide bonds.